The van der Waals surface area contributed by atoms with E-state index < -0.39 is 30.3 Å². The van der Waals surface area contributed by atoms with Gasteiger partial charge in [-0.1, -0.05) is 31.9 Å². The molecular weight excluding hydrogens is 365 g/mol. The van der Waals surface area contributed by atoms with Gasteiger partial charge >= 0.3 is 17.8 Å². The Morgan fingerprint density at radius 2 is 1.79 bits per heavy atom. The van der Waals surface area contributed by atoms with Crippen molar-refractivity contribution in [1.82, 2.24) is 15.1 Å². The third-order valence-corrected chi connectivity index (χ3v) is 5.43. The number of rotatable bonds is 6. The first-order chi connectivity index (χ1) is 13.4. The number of amides is 5. The molecule has 1 saturated carbocycles. The highest BCUT2D eigenvalue weighted by Crippen LogP contribution is 2.31. The number of carbonyl (C=O) groups is 4. The van der Waals surface area contributed by atoms with Gasteiger partial charge in [-0.2, -0.15) is 0 Å². The molecule has 1 aromatic rings. The molecule has 1 aromatic carbocycles. The topological polar surface area (TPSA) is 86.8 Å². The normalized spacial score (nSPS) is 22.7. The predicted molar refractivity (Wildman–Crippen MR) is 98.5 cm³/mol. The number of urea groups is 1. The van der Waals surface area contributed by atoms with Gasteiger partial charge in [0.25, 0.3) is 0 Å². The molecule has 0 bridgehead atoms. The Labute approximate surface area is 162 Å². The van der Waals surface area contributed by atoms with Crippen molar-refractivity contribution in [2.75, 3.05) is 13.1 Å². The molecule has 2 atom stereocenters. The number of benzene rings is 1. The van der Waals surface area contributed by atoms with Gasteiger partial charge in [0.1, 0.15) is 12.4 Å². The maximum atomic E-state index is 12.9. The second-order valence-electron chi connectivity index (χ2n) is 7.40. The molecule has 0 spiro atoms. The van der Waals surface area contributed by atoms with Crippen LogP contribution in [0.25, 0.3) is 0 Å². The first-order valence-electron chi connectivity index (χ1n) is 9.58. The van der Waals surface area contributed by atoms with Crippen LogP contribution >= 0.6 is 0 Å². The van der Waals surface area contributed by atoms with E-state index in [1.807, 2.05) is 6.92 Å². The van der Waals surface area contributed by atoms with Crippen molar-refractivity contribution in [1.29, 1.82) is 0 Å². The summed E-state index contributed by atoms with van der Waals surface area (Å²) in [7, 11) is 0. The summed E-state index contributed by atoms with van der Waals surface area (Å²) in [5.41, 5.74) is 0.850. The molecule has 0 unspecified atom stereocenters. The SMILES string of the molecule is C[C@@H]1CCCC[C@@H]1N1C(=O)C(=O)N(CC(=O)NCCc2ccc(F)cc2)C1=O. The molecule has 5 amide bonds. The average Bonchev–Trinajstić information content (AvgIpc) is 2.87. The lowest BCUT2D eigenvalue weighted by molar-refractivity contribution is -0.145. The van der Waals surface area contributed by atoms with Gasteiger partial charge in [0.15, 0.2) is 0 Å². The summed E-state index contributed by atoms with van der Waals surface area (Å²) in [5.74, 6) is -2.51. The van der Waals surface area contributed by atoms with Crippen molar-refractivity contribution in [3.05, 3.63) is 35.6 Å². The van der Waals surface area contributed by atoms with E-state index in [2.05, 4.69) is 5.32 Å². The number of carbonyl (C=O) groups excluding carboxylic acids is 4. The van der Waals surface area contributed by atoms with Crippen LogP contribution in [0.15, 0.2) is 24.3 Å². The van der Waals surface area contributed by atoms with Crippen LogP contribution in [0.1, 0.15) is 38.2 Å². The first-order valence-corrected chi connectivity index (χ1v) is 9.58. The first kappa shape index (κ1) is 20.0. The van der Waals surface area contributed by atoms with Crippen LogP contribution in [0, 0.1) is 11.7 Å². The van der Waals surface area contributed by atoms with Crippen molar-refractivity contribution in [2.45, 2.75) is 45.1 Å². The van der Waals surface area contributed by atoms with E-state index in [9.17, 15) is 23.6 Å². The molecule has 0 aromatic heterocycles. The van der Waals surface area contributed by atoms with E-state index >= 15 is 0 Å². The number of nitrogens with zero attached hydrogens (tertiary/aromatic N) is 2. The smallest absolute Gasteiger partial charge is 0.334 e. The summed E-state index contributed by atoms with van der Waals surface area (Å²) < 4.78 is 12.9. The predicted octanol–water partition coefficient (Wildman–Crippen LogP) is 1.85. The number of hydrogen-bond acceptors (Lipinski definition) is 4. The van der Waals surface area contributed by atoms with Crippen LogP contribution in [-0.4, -0.2) is 52.7 Å². The summed E-state index contributed by atoms with van der Waals surface area (Å²) in [5, 5.41) is 2.62. The molecule has 1 saturated heterocycles. The Hall–Kier alpha value is -2.77. The van der Waals surface area contributed by atoms with Crippen LogP contribution in [0.5, 0.6) is 0 Å². The van der Waals surface area contributed by atoms with Crippen LogP contribution < -0.4 is 5.32 Å². The van der Waals surface area contributed by atoms with Crippen molar-refractivity contribution < 1.29 is 23.6 Å². The minimum Gasteiger partial charge on any atom is -0.354 e. The van der Waals surface area contributed by atoms with Crippen molar-refractivity contribution in [3.63, 3.8) is 0 Å². The highest BCUT2D eigenvalue weighted by atomic mass is 19.1. The molecule has 7 nitrogen and oxygen atoms in total. The monoisotopic (exact) mass is 389 g/mol. The molecule has 0 radical (unpaired) electrons. The van der Waals surface area contributed by atoms with Crippen LogP contribution in [0.2, 0.25) is 0 Å². The lowest BCUT2D eigenvalue weighted by Crippen LogP contribution is -2.47. The molecule has 28 heavy (non-hydrogen) atoms. The van der Waals surface area contributed by atoms with Crippen molar-refractivity contribution in [2.24, 2.45) is 5.92 Å². The second-order valence-corrected chi connectivity index (χ2v) is 7.40. The number of imide groups is 2. The molecule has 2 aliphatic rings. The molecule has 1 aliphatic heterocycles. The Morgan fingerprint density at radius 3 is 2.46 bits per heavy atom. The van der Waals surface area contributed by atoms with Gasteiger partial charge < -0.3 is 5.32 Å². The van der Waals surface area contributed by atoms with Gasteiger partial charge in [0, 0.05) is 12.6 Å². The third-order valence-electron chi connectivity index (χ3n) is 5.43. The lowest BCUT2D eigenvalue weighted by Gasteiger charge is -2.34. The van der Waals surface area contributed by atoms with E-state index in [0.717, 1.165) is 34.6 Å². The largest absolute Gasteiger partial charge is 0.354 e. The van der Waals surface area contributed by atoms with Crippen LogP contribution in [-0.2, 0) is 20.8 Å². The average molecular weight is 389 g/mol. The standard InChI is InChI=1S/C20H24FN3O4/c1-13-4-2-3-5-16(13)24-19(27)18(26)23(20(24)28)12-17(25)22-11-10-14-6-8-15(21)9-7-14/h6-9,13,16H,2-5,10-12H2,1H3,(H,22,25)/t13-,16+/m1/s1. The zero-order valence-corrected chi connectivity index (χ0v) is 15.8. The van der Waals surface area contributed by atoms with E-state index in [1.54, 1.807) is 12.1 Å². The van der Waals surface area contributed by atoms with E-state index in [0.29, 0.717) is 12.8 Å². The summed E-state index contributed by atoms with van der Waals surface area (Å²) in [4.78, 5) is 51.1. The molecule has 1 aliphatic carbocycles. The van der Waals surface area contributed by atoms with Gasteiger partial charge in [-0.05, 0) is 42.9 Å². The van der Waals surface area contributed by atoms with E-state index in [1.165, 1.54) is 12.1 Å². The third kappa shape index (κ3) is 4.21. The Morgan fingerprint density at radius 1 is 1.11 bits per heavy atom. The molecule has 8 heteroatoms. The summed E-state index contributed by atoms with van der Waals surface area (Å²) in [6.45, 7) is 1.77. The van der Waals surface area contributed by atoms with Gasteiger partial charge in [0.05, 0.1) is 0 Å². The molecule has 1 N–H and O–H groups in total. The number of hydrogen-bond donors (Lipinski definition) is 1. The summed E-state index contributed by atoms with van der Waals surface area (Å²) in [6, 6.07) is 4.93. The zero-order chi connectivity index (χ0) is 20.3. The maximum Gasteiger partial charge on any atom is 0.334 e. The summed E-state index contributed by atoms with van der Waals surface area (Å²) >= 11 is 0. The minimum atomic E-state index is -0.948. The fourth-order valence-corrected chi connectivity index (χ4v) is 3.83. The fraction of sp³-hybridized carbons (Fsp3) is 0.500. The van der Waals surface area contributed by atoms with Gasteiger partial charge in [-0.3, -0.25) is 19.3 Å². The van der Waals surface area contributed by atoms with Crippen LogP contribution in [0.4, 0.5) is 9.18 Å². The van der Waals surface area contributed by atoms with E-state index in [4.69, 9.17) is 0 Å². The van der Waals surface area contributed by atoms with Crippen molar-refractivity contribution >= 4 is 23.8 Å². The highest BCUT2D eigenvalue weighted by molar-refractivity contribution is 6.45. The molecule has 1 heterocycles. The Bertz CT molecular complexity index is 780. The minimum absolute atomic E-state index is 0.138. The molecule has 2 fully saturated rings. The zero-order valence-electron chi connectivity index (χ0n) is 15.8. The van der Waals surface area contributed by atoms with Crippen LogP contribution in [0.3, 0.4) is 0 Å². The van der Waals surface area contributed by atoms with Gasteiger partial charge in [-0.15, -0.1) is 0 Å². The lowest BCUT2D eigenvalue weighted by atomic mass is 9.85. The second kappa shape index (κ2) is 8.50. The summed E-state index contributed by atoms with van der Waals surface area (Å²) in [6.07, 6.45) is 4.02. The van der Waals surface area contributed by atoms with E-state index in [-0.39, 0.29) is 24.3 Å². The fourth-order valence-electron chi connectivity index (χ4n) is 3.83. The molecule has 3 rings (SSSR count). The number of nitrogens with one attached hydrogen (secondary N) is 1. The highest BCUT2D eigenvalue weighted by Gasteiger charge is 2.49. The molecule has 150 valence electrons. The molecular formula is C20H24FN3O4. The quantitative estimate of drug-likeness (QED) is 0.594. The number of halogens is 1. The van der Waals surface area contributed by atoms with Gasteiger partial charge in [0.2, 0.25) is 5.91 Å². The Kier molecular flexibility index (Phi) is 6.06. The maximum absolute atomic E-state index is 12.9. The van der Waals surface area contributed by atoms with Crippen molar-refractivity contribution in [3.8, 4) is 0 Å². The Balaban J connectivity index is 1.55. The van der Waals surface area contributed by atoms with Gasteiger partial charge in [-0.25, -0.2) is 14.1 Å².